The third-order valence-electron chi connectivity index (χ3n) is 5.22. The van der Waals surface area contributed by atoms with Crippen molar-refractivity contribution in [1.29, 1.82) is 0 Å². The van der Waals surface area contributed by atoms with E-state index in [2.05, 4.69) is 30.3 Å². The van der Waals surface area contributed by atoms with E-state index in [1.165, 1.54) is 5.39 Å². The van der Waals surface area contributed by atoms with Crippen LogP contribution in [0.3, 0.4) is 0 Å². The highest BCUT2D eigenvalue weighted by Gasteiger charge is 2.13. The van der Waals surface area contributed by atoms with Crippen molar-refractivity contribution in [2.45, 2.75) is 0 Å². The zero-order chi connectivity index (χ0) is 20.8. The van der Waals surface area contributed by atoms with Gasteiger partial charge in [-0.15, -0.1) is 11.3 Å². The van der Waals surface area contributed by atoms with Crippen molar-refractivity contribution in [2.75, 3.05) is 0 Å². The summed E-state index contributed by atoms with van der Waals surface area (Å²) in [6.07, 6.45) is 0. The van der Waals surface area contributed by atoms with Crippen LogP contribution in [0.1, 0.15) is 0 Å². The molecule has 0 aliphatic rings. The number of fused-ring (bicyclic) bond motifs is 4. The minimum absolute atomic E-state index is 0.518. The lowest BCUT2D eigenvalue weighted by atomic mass is 10.0. The van der Waals surface area contributed by atoms with Gasteiger partial charge in [0, 0.05) is 10.4 Å². The summed E-state index contributed by atoms with van der Waals surface area (Å²) in [6.45, 7) is 0. The van der Waals surface area contributed by atoms with E-state index in [1.807, 2.05) is 60.7 Å². The molecule has 0 saturated heterocycles. The third kappa shape index (κ3) is 3.30. The molecule has 0 radical (unpaired) electrons. The van der Waals surface area contributed by atoms with Gasteiger partial charge in [0.15, 0.2) is 0 Å². The Balaban J connectivity index is 1.71. The van der Waals surface area contributed by atoms with Gasteiger partial charge >= 0.3 is 0 Å². The fourth-order valence-electron chi connectivity index (χ4n) is 3.77. The topological polar surface area (TPSA) is 38.4 Å². The van der Waals surface area contributed by atoms with E-state index in [1.54, 1.807) is 11.3 Å². The van der Waals surface area contributed by atoms with Crippen molar-refractivity contribution in [2.24, 2.45) is 4.99 Å². The number of nitrogens with zero attached hydrogens (tertiary/aromatic N) is 2. The van der Waals surface area contributed by atoms with Crippen molar-refractivity contribution >= 4 is 60.6 Å². The number of thiazole rings is 1. The van der Waals surface area contributed by atoms with E-state index in [0.717, 1.165) is 42.8 Å². The Kier molecular flexibility index (Phi) is 4.34. The average Bonchev–Trinajstić information content (AvgIpc) is 3.22. The van der Waals surface area contributed by atoms with E-state index in [4.69, 9.17) is 26.0 Å². The van der Waals surface area contributed by atoms with Crippen LogP contribution in [0.4, 0.5) is 5.69 Å². The second kappa shape index (κ2) is 7.34. The molecule has 2 heterocycles. The van der Waals surface area contributed by atoms with Crippen molar-refractivity contribution in [3.05, 3.63) is 102 Å². The lowest BCUT2D eigenvalue weighted by Crippen LogP contribution is -2.05. The van der Waals surface area contributed by atoms with Gasteiger partial charge in [-0.25, -0.2) is 9.98 Å². The first-order chi connectivity index (χ1) is 15.2. The second-order valence-electron chi connectivity index (χ2n) is 7.24. The number of hydrogen-bond donors (Lipinski definition) is 0. The Labute approximate surface area is 186 Å². The normalized spacial score (nSPS) is 12.2. The third-order valence-corrected chi connectivity index (χ3v) is 6.52. The maximum absolute atomic E-state index is 6.35. The quantitative estimate of drug-likeness (QED) is 0.259. The molecule has 0 fully saturated rings. The van der Waals surface area contributed by atoms with E-state index in [0.29, 0.717) is 10.6 Å². The molecule has 3 nitrogen and oxygen atoms in total. The summed E-state index contributed by atoms with van der Waals surface area (Å²) in [5.74, 6) is 0. The van der Waals surface area contributed by atoms with Gasteiger partial charge in [-0.2, -0.15) is 0 Å². The standard InChI is InChI=1S/C26H15ClN2OS/c27-17-7-5-8-18(14-17)28-25-21(26-29-22-10-3-4-11-24(22)31-26)15-20-19-9-2-1-6-16(19)12-13-23(20)30-25/h1-15H. The first-order valence-electron chi connectivity index (χ1n) is 9.86. The van der Waals surface area contributed by atoms with Crippen molar-refractivity contribution in [3.63, 3.8) is 0 Å². The van der Waals surface area contributed by atoms with Gasteiger partial charge in [-0.1, -0.05) is 60.1 Å². The molecule has 0 saturated carbocycles. The van der Waals surface area contributed by atoms with E-state index >= 15 is 0 Å². The molecule has 148 valence electrons. The molecule has 0 bridgehead atoms. The zero-order valence-corrected chi connectivity index (χ0v) is 17.8. The summed E-state index contributed by atoms with van der Waals surface area (Å²) in [5, 5.41) is 4.85. The molecule has 0 aliphatic heterocycles. The van der Waals surface area contributed by atoms with Crippen LogP contribution in [0.2, 0.25) is 5.02 Å². The molecule has 6 aromatic rings. The fourth-order valence-corrected chi connectivity index (χ4v) is 4.92. The number of para-hydroxylation sites is 1. The molecule has 6 rings (SSSR count). The number of hydrogen-bond acceptors (Lipinski definition) is 4. The molecule has 4 aromatic carbocycles. The van der Waals surface area contributed by atoms with Gasteiger partial charge < -0.3 is 4.42 Å². The van der Waals surface area contributed by atoms with Crippen LogP contribution < -0.4 is 5.55 Å². The predicted molar refractivity (Wildman–Crippen MR) is 129 cm³/mol. The monoisotopic (exact) mass is 438 g/mol. The highest BCUT2D eigenvalue weighted by molar-refractivity contribution is 7.21. The lowest BCUT2D eigenvalue weighted by molar-refractivity contribution is 0.548. The van der Waals surface area contributed by atoms with Crippen LogP contribution in [-0.2, 0) is 0 Å². The van der Waals surface area contributed by atoms with Crippen molar-refractivity contribution < 1.29 is 4.42 Å². The van der Waals surface area contributed by atoms with Gasteiger partial charge in [0.1, 0.15) is 10.6 Å². The van der Waals surface area contributed by atoms with E-state index < -0.39 is 0 Å². The number of benzene rings is 4. The average molecular weight is 439 g/mol. The number of rotatable bonds is 2. The Bertz CT molecular complexity index is 1630. The maximum atomic E-state index is 6.35. The first kappa shape index (κ1) is 18.3. The van der Waals surface area contributed by atoms with Crippen LogP contribution in [0.5, 0.6) is 0 Å². The van der Waals surface area contributed by atoms with Crippen LogP contribution >= 0.6 is 22.9 Å². The van der Waals surface area contributed by atoms with Gasteiger partial charge in [0.05, 0.1) is 21.5 Å². The fraction of sp³-hybridized carbons (Fsp3) is 0. The largest absolute Gasteiger partial charge is 0.438 e. The molecule has 31 heavy (non-hydrogen) atoms. The summed E-state index contributed by atoms with van der Waals surface area (Å²) < 4.78 is 7.48. The summed E-state index contributed by atoms with van der Waals surface area (Å²) in [5.41, 5.74) is 3.87. The minimum atomic E-state index is 0.518. The van der Waals surface area contributed by atoms with Gasteiger partial charge in [0.25, 0.3) is 0 Å². The SMILES string of the molecule is Clc1cccc(N=c2oc3ccc4ccccc4c3cc2-c2nc3ccccc3s2)c1. The maximum Gasteiger partial charge on any atom is 0.230 e. The molecule has 0 N–H and O–H groups in total. The van der Waals surface area contributed by atoms with Crippen LogP contribution in [0.25, 0.3) is 42.5 Å². The number of aromatic nitrogens is 1. The molecular weight excluding hydrogens is 424 g/mol. The molecule has 0 amide bonds. The molecular formula is C26H15ClN2OS. The molecule has 0 atom stereocenters. The molecule has 5 heteroatoms. The van der Waals surface area contributed by atoms with Crippen LogP contribution in [0.15, 0.2) is 100 Å². The Morgan fingerprint density at radius 1 is 0.806 bits per heavy atom. The Morgan fingerprint density at radius 2 is 1.68 bits per heavy atom. The van der Waals surface area contributed by atoms with Gasteiger partial charge in [-0.3, -0.25) is 0 Å². The predicted octanol–water partition coefficient (Wildman–Crippen LogP) is 7.75. The molecule has 0 unspecified atom stereocenters. The van der Waals surface area contributed by atoms with Gasteiger partial charge in [0.2, 0.25) is 5.55 Å². The minimum Gasteiger partial charge on any atom is -0.438 e. The summed E-state index contributed by atoms with van der Waals surface area (Å²) in [4.78, 5) is 9.66. The molecule has 2 aromatic heterocycles. The second-order valence-corrected chi connectivity index (χ2v) is 8.71. The lowest BCUT2D eigenvalue weighted by Gasteiger charge is -2.06. The van der Waals surface area contributed by atoms with E-state index in [-0.39, 0.29) is 0 Å². The zero-order valence-electron chi connectivity index (χ0n) is 16.2. The smallest absolute Gasteiger partial charge is 0.230 e. The van der Waals surface area contributed by atoms with Crippen molar-refractivity contribution in [3.8, 4) is 10.6 Å². The number of halogens is 1. The summed E-state index contributed by atoms with van der Waals surface area (Å²) in [7, 11) is 0. The van der Waals surface area contributed by atoms with E-state index in [9.17, 15) is 0 Å². The molecule has 0 spiro atoms. The Hall–Kier alpha value is -3.47. The van der Waals surface area contributed by atoms with Crippen molar-refractivity contribution in [1.82, 2.24) is 4.98 Å². The Morgan fingerprint density at radius 3 is 2.58 bits per heavy atom. The van der Waals surface area contributed by atoms with Gasteiger partial charge in [-0.05, 0) is 53.2 Å². The first-order valence-corrected chi connectivity index (χ1v) is 11.1. The highest BCUT2D eigenvalue weighted by Crippen LogP contribution is 2.32. The summed E-state index contributed by atoms with van der Waals surface area (Å²) >= 11 is 7.82. The highest BCUT2D eigenvalue weighted by atomic mass is 35.5. The molecule has 0 aliphatic carbocycles. The van der Waals surface area contributed by atoms with Crippen LogP contribution in [-0.4, -0.2) is 4.98 Å². The summed E-state index contributed by atoms with van der Waals surface area (Å²) in [6, 6.07) is 30.1. The van der Waals surface area contributed by atoms with Crippen LogP contribution in [0, 0.1) is 0 Å².